The minimum Gasteiger partial charge on any atom is -0.468 e. The monoisotopic (exact) mass is 345 g/mol. The molecular formula is C20H31N3O2. The second-order valence-electron chi connectivity index (χ2n) is 7.54. The van der Waals surface area contributed by atoms with Gasteiger partial charge in [0.1, 0.15) is 5.76 Å². The minimum atomic E-state index is -0.434. The van der Waals surface area contributed by atoms with Crippen LogP contribution in [0.3, 0.4) is 0 Å². The molecule has 5 nitrogen and oxygen atoms in total. The molecule has 5 heteroatoms. The van der Waals surface area contributed by atoms with Crippen LogP contribution in [0.4, 0.5) is 0 Å². The van der Waals surface area contributed by atoms with E-state index in [0.717, 1.165) is 36.2 Å². The molecule has 0 saturated heterocycles. The Morgan fingerprint density at radius 3 is 2.76 bits per heavy atom. The van der Waals surface area contributed by atoms with Crippen molar-refractivity contribution in [2.24, 2.45) is 5.92 Å². The fraction of sp³-hybridized carbons (Fsp3) is 0.650. The van der Waals surface area contributed by atoms with Gasteiger partial charge in [-0.3, -0.25) is 9.58 Å². The molecule has 1 unspecified atom stereocenters. The van der Waals surface area contributed by atoms with E-state index in [4.69, 9.17) is 4.42 Å². The molecule has 2 aromatic rings. The Bertz CT molecular complexity index is 629. The van der Waals surface area contributed by atoms with Gasteiger partial charge in [-0.25, -0.2) is 0 Å². The van der Waals surface area contributed by atoms with Crippen molar-refractivity contribution in [2.75, 3.05) is 13.1 Å². The molecule has 138 valence electrons. The maximum atomic E-state index is 10.6. The summed E-state index contributed by atoms with van der Waals surface area (Å²) < 4.78 is 7.44. The summed E-state index contributed by atoms with van der Waals surface area (Å²) in [5.41, 5.74) is 2.10. The number of nitrogens with zero attached hydrogens (tertiary/aromatic N) is 3. The lowest BCUT2D eigenvalue weighted by Crippen LogP contribution is -2.38. The van der Waals surface area contributed by atoms with Gasteiger partial charge in [0.15, 0.2) is 0 Å². The maximum Gasteiger partial charge on any atom is 0.117 e. The van der Waals surface area contributed by atoms with E-state index in [9.17, 15) is 5.11 Å². The lowest BCUT2D eigenvalue weighted by Gasteiger charge is -2.30. The Balaban J connectivity index is 1.60. The fourth-order valence-electron chi connectivity index (χ4n) is 3.98. The zero-order valence-corrected chi connectivity index (χ0v) is 15.5. The SMILES string of the molecule is Cc1cc(C)n(CC(O)CN(Cc2ccco2)CC2CCCCC2)n1. The topological polar surface area (TPSA) is 54.4 Å². The summed E-state index contributed by atoms with van der Waals surface area (Å²) in [5.74, 6) is 1.71. The van der Waals surface area contributed by atoms with Crippen LogP contribution in [0.2, 0.25) is 0 Å². The molecule has 1 atom stereocenters. The summed E-state index contributed by atoms with van der Waals surface area (Å²) >= 11 is 0. The Hall–Kier alpha value is -1.59. The molecule has 1 saturated carbocycles. The van der Waals surface area contributed by atoms with Crippen LogP contribution >= 0.6 is 0 Å². The van der Waals surface area contributed by atoms with Crippen molar-refractivity contribution in [3.8, 4) is 0 Å². The molecule has 0 aliphatic heterocycles. The number of aliphatic hydroxyl groups excluding tert-OH is 1. The minimum absolute atomic E-state index is 0.434. The Morgan fingerprint density at radius 1 is 1.32 bits per heavy atom. The molecule has 0 spiro atoms. The Kier molecular flexibility index (Phi) is 6.32. The summed E-state index contributed by atoms with van der Waals surface area (Å²) in [6, 6.07) is 6.00. The van der Waals surface area contributed by atoms with Gasteiger partial charge in [-0.15, -0.1) is 0 Å². The third kappa shape index (κ3) is 5.44. The number of aromatic nitrogens is 2. The molecule has 25 heavy (non-hydrogen) atoms. The Labute approximate surface area is 150 Å². The van der Waals surface area contributed by atoms with Gasteiger partial charge in [0, 0.05) is 18.8 Å². The summed E-state index contributed by atoms with van der Waals surface area (Å²) in [7, 11) is 0. The predicted molar refractivity (Wildman–Crippen MR) is 98.3 cm³/mol. The highest BCUT2D eigenvalue weighted by molar-refractivity contribution is 5.06. The van der Waals surface area contributed by atoms with Gasteiger partial charge in [-0.05, 0) is 50.8 Å². The molecule has 0 aromatic carbocycles. The number of hydrogen-bond donors (Lipinski definition) is 1. The highest BCUT2D eigenvalue weighted by atomic mass is 16.3. The highest BCUT2D eigenvalue weighted by Gasteiger charge is 2.21. The van der Waals surface area contributed by atoms with Crippen molar-refractivity contribution in [2.45, 2.75) is 65.1 Å². The zero-order valence-electron chi connectivity index (χ0n) is 15.5. The van der Waals surface area contributed by atoms with Gasteiger partial charge in [0.05, 0.1) is 31.2 Å². The summed E-state index contributed by atoms with van der Waals surface area (Å²) in [6.07, 6.45) is 7.96. The molecule has 0 bridgehead atoms. The highest BCUT2D eigenvalue weighted by Crippen LogP contribution is 2.25. The van der Waals surface area contributed by atoms with E-state index in [2.05, 4.69) is 16.1 Å². The van der Waals surface area contributed by atoms with Crippen LogP contribution < -0.4 is 0 Å². The second kappa shape index (κ2) is 8.68. The molecule has 1 aliphatic carbocycles. The van der Waals surface area contributed by atoms with Crippen LogP contribution in [-0.2, 0) is 13.1 Å². The zero-order chi connectivity index (χ0) is 17.6. The van der Waals surface area contributed by atoms with E-state index in [0.29, 0.717) is 13.1 Å². The van der Waals surface area contributed by atoms with Gasteiger partial charge < -0.3 is 9.52 Å². The van der Waals surface area contributed by atoms with Crippen LogP contribution in [0.25, 0.3) is 0 Å². The molecule has 1 fully saturated rings. The second-order valence-corrected chi connectivity index (χ2v) is 7.54. The van der Waals surface area contributed by atoms with Gasteiger partial charge >= 0.3 is 0 Å². The van der Waals surface area contributed by atoms with Gasteiger partial charge in [0.2, 0.25) is 0 Å². The maximum absolute atomic E-state index is 10.6. The van der Waals surface area contributed by atoms with Crippen LogP contribution in [0.1, 0.15) is 49.3 Å². The van der Waals surface area contributed by atoms with Crippen LogP contribution in [0.15, 0.2) is 28.9 Å². The Morgan fingerprint density at radius 2 is 2.12 bits per heavy atom. The van der Waals surface area contributed by atoms with Crippen molar-refractivity contribution in [1.82, 2.24) is 14.7 Å². The number of hydrogen-bond acceptors (Lipinski definition) is 4. The average molecular weight is 345 g/mol. The lowest BCUT2D eigenvalue weighted by atomic mass is 9.89. The molecule has 2 heterocycles. The van der Waals surface area contributed by atoms with E-state index < -0.39 is 6.10 Å². The van der Waals surface area contributed by atoms with Gasteiger partial charge in [0.25, 0.3) is 0 Å². The molecule has 0 radical (unpaired) electrons. The van der Waals surface area contributed by atoms with E-state index in [-0.39, 0.29) is 0 Å². The summed E-state index contributed by atoms with van der Waals surface area (Å²) in [5, 5.41) is 15.1. The van der Waals surface area contributed by atoms with Crippen LogP contribution in [0, 0.1) is 19.8 Å². The van der Waals surface area contributed by atoms with Gasteiger partial charge in [-0.1, -0.05) is 19.3 Å². The first-order valence-electron chi connectivity index (χ1n) is 9.54. The molecule has 0 amide bonds. The van der Waals surface area contributed by atoms with Gasteiger partial charge in [-0.2, -0.15) is 5.10 Å². The van der Waals surface area contributed by atoms with E-state index >= 15 is 0 Å². The fourth-order valence-corrected chi connectivity index (χ4v) is 3.98. The molecule has 1 aliphatic rings. The van der Waals surface area contributed by atoms with E-state index in [1.54, 1.807) is 6.26 Å². The third-order valence-electron chi connectivity index (χ3n) is 5.16. The van der Waals surface area contributed by atoms with Crippen molar-refractivity contribution in [3.63, 3.8) is 0 Å². The molecule has 1 N–H and O–H groups in total. The van der Waals surface area contributed by atoms with E-state index in [1.165, 1.54) is 32.1 Å². The molecule has 3 rings (SSSR count). The summed E-state index contributed by atoms with van der Waals surface area (Å²) in [6.45, 7) is 7.01. The quantitative estimate of drug-likeness (QED) is 0.795. The smallest absolute Gasteiger partial charge is 0.117 e. The molecule has 2 aromatic heterocycles. The lowest BCUT2D eigenvalue weighted by molar-refractivity contribution is 0.0747. The number of aliphatic hydroxyl groups is 1. The first kappa shape index (κ1) is 18.2. The largest absolute Gasteiger partial charge is 0.468 e. The predicted octanol–water partition coefficient (Wildman–Crippen LogP) is 3.54. The van der Waals surface area contributed by atoms with Crippen molar-refractivity contribution in [3.05, 3.63) is 41.6 Å². The third-order valence-corrected chi connectivity index (χ3v) is 5.16. The van der Waals surface area contributed by atoms with Crippen LogP contribution in [-0.4, -0.2) is 39.0 Å². The van der Waals surface area contributed by atoms with E-state index in [1.807, 2.05) is 30.7 Å². The van der Waals surface area contributed by atoms with Crippen molar-refractivity contribution in [1.29, 1.82) is 0 Å². The summed E-state index contributed by atoms with van der Waals surface area (Å²) in [4.78, 5) is 2.35. The normalized spacial score (nSPS) is 17.3. The van der Waals surface area contributed by atoms with Crippen molar-refractivity contribution >= 4 is 0 Å². The van der Waals surface area contributed by atoms with Crippen molar-refractivity contribution < 1.29 is 9.52 Å². The molecular weight excluding hydrogens is 314 g/mol. The van der Waals surface area contributed by atoms with Crippen LogP contribution in [0.5, 0.6) is 0 Å². The first-order chi connectivity index (χ1) is 12.1. The average Bonchev–Trinajstić information content (AvgIpc) is 3.18. The standard InChI is InChI=1S/C20H31N3O2/c1-16-11-17(2)23(21-16)14-19(24)13-22(15-20-9-6-10-25-20)12-18-7-4-3-5-8-18/h6,9-11,18-19,24H,3-5,7-8,12-15H2,1-2H3. The number of furan rings is 1. The number of aryl methyl sites for hydroxylation is 2. The number of rotatable bonds is 8. The first-order valence-corrected chi connectivity index (χ1v) is 9.54.